The minimum Gasteiger partial charge on any atom is -0.378 e. The lowest BCUT2D eigenvalue weighted by Crippen LogP contribution is -2.10. The van der Waals surface area contributed by atoms with Gasteiger partial charge in [0.2, 0.25) is 0 Å². The maximum absolute atomic E-state index is 5.38. The third-order valence-corrected chi connectivity index (χ3v) is 2.26. The van der Waals surface area contributed by atoms with E-state index in [2.05, 4.69) is 20.8 Å². The van der Waals surface area contributed by atoms with Gasteiger partial charge in [-0.15, -0.1) is 0 Å². The lowest BCUT2D eigenvalue weighted by Gasteiger charge is -2.09. The van der Waals surface area contributed by atoms with E-state index in [0.29, 0.717) is 6.10 Å². The van der Waals surface area contributed by atoms with Gasteiger partial charge in [-0.05, 0) is 18.8 Å². The van der Waals surface area contributed by atoms with Crippen molar-refractivity contribution < 1.29 is 4.74 Å². The lowest BCUT2D eigenvalue weighted by molar-refractivity contribution is 0.108. The second kappa shape index (κ2) is 2.06. The second-order valence-corrected chi connectivity index (χ2v) is 2.87. The molecule has 1 heterocycles. The summed E-state index contributed by atoms with van der Waals surface area (Å²) in [6, 6.07) is 0. The van der Waals surface area contributed by atoms with Crippen molar-refractivity contribution in [2.45, 2.75) is 26.9 Å². The lowest BCUT2D eigenvalue weighted by atomic mass is 9.96. The van der Waals surface area contributed by atoms with Crippen LogP contribution in [0.25, 0.3) is 0 Å². The Balaban J connectivity index is 2.44. The van der Waals surface area contributed by atoms with Crippen molar-refractivity contribution in [1.82, 2.24) is 0 Å². The zero-order valence-corrected chi connectivity index (χ0v) is 5.85. The van der Waals surface area contributed by atoms with Crippen LogP contribution in [0.15, 0.2) is 0 Å². The minimum atomic E-state index is 0.491. The van der Waals surface area contributed by atoms with Crippen molar-refractivity contribution in [3.63, 3.8) is 0 Å². The molecule has 0 aromatic heterocycles. The molecule has 1 aliphatic heterocycles. The Morgan fingerprint density at radius 2 is 1.88 bits per heavy atom. The number of hydrogen-bond acceptors (Lipinski definition) is 1. The van der Waals surface area contributed by atoms with Gasteiger partial charge in [0, 0.05) is 6.61 Å². The van der Waals surface area contributed by atoms with Crippen LogP contribution in [0, 0.1) is 11.8 Å². The maximum atomic E-state index is 5.38. The van der Waals surface area contributed by atoms with Crippen molar-refractivity contribution >= 4 is 0 Å². The molecule has 0 aliphatic carbocycles. The molecule has 2 unspecified atom stereocenters. The third kappa shape index (κ3) is 0.873. The molecule has 3 atom stereocenters. The fourth-order valence-electron chi connectivity index (χ4n) is 1.07. The van der Waals surface area contributed by atoms with Gasteiger partial charge >= 0.3 is 0 Å². The molecule has 0 saturated carbocycles. The minimum absolute atomic E-state index is 0.491. The Morgan fingerprint density at radius 3 is 2.00 bits per heavy atom. The van der Waals surface area contributed by atoms with E-state index >= 15 is 0 Å². The van der Waals surface area contributed by atoms with Gasteiger partial charge in [0.05, 0.1) is 6.10 Å². The first-order chi connectivity index (χ1) is 3.72. The summed E-state index contributed by atoms with van der Waals surface area (Å²) in [5, 5.41) is 0. The molecule has 0 aromatic rings. The van der Waals surface area contributed by atoms with Gasteiger partial charge in [-0.25, -0.2) is 0 Å². The number of ether oxygens (including phenoxy) is 1. The molecule has 8 heavy (non-hydrogen) atoms. The summed E-state index contributed by atoms with van der Waals surface area (Å²) in [5.41, 5.74) is 0. The van der Waals surface area contributed by atoms with E-state index in [1.54, 1.807) is 0 Å². The Morgan fingerprint density at radius 1 is 1.25 bits per heavy atom. The first kappa shape index (κ1) is 6.09. The molecular formula is C7H14O. The summed E-state index contributed by atoms with van der Waals surface area (Å²) in [7, 11) is 0. The van der Waals surface area contributed by atoms with E-state index in [0.717, 1.165) is 18.4 Å². The van der Waals surface area contributed by atoms with Gasteiger partial charge in [0.25, 0.3) is 0 Å². The molecular weight excluding hydrogens is 100 g/mol. The molecule has 0 N–H and O–H groups in total. The van der Waals surface area contributed by atoms with Crippen LogP contribution < -0.4 is 0 Å². The molecule has 1 nitrogen and oxygen atoms in total. The average molecular weight is 114 g/mol. The highest BCUT2D eigenvalue weighted by molar-refractivity contribution is 4.73. The van der Waals surface area contributed by atoms with Gasteiger partial charge in [-0.3, -0.25) is 0 Å². The first-order valence-corrected chi connectivity index (χ1v) is 3.33. The third-order valence-electron chi connectivity index (χ3n) is 2.26. The van der Waals surface area contributed by atoms with E-state index in [1.165, 1.54) is 0 Å². The summed E-state index contributed by atoms with van der Waals surface area (Å²) >= 11 is 0. The zero-order chi connectivity index (χ0) is 6.15. The highest BCUT2D eigenvalue weighted by Gasteiger charge is 2.26. The molecule has 1 rings (SSSR count). The first-order valence-electron chi connectivity index (χ1n) is 3.33. The normalized spacial score (nSPS) is 47.6. The van der Waals surface area contributed by atoms with E-state index in [-0.39, 0.29) is 0 Å². The molecule has 1 aliphatic rings. The van der Waals surface area contributed by atoms with E-state index in [1.807, 2.05) is 0 Å². The summed E-state index contributed by atoms with van der Waals surface area (Å²) in [6.45, 7) is 7.60. The second-order valence-electron chi connectivity index (χ2n) is 2.87. The molecule has 1 saturated heterocycles. The smallest absolute Gasteiger partial charge is 0.0576 e. The Hall–Kier alpha value is -0.0400. The van der Waals surface area contributed by atoms with Crippen LogP contribution in [0.2, 0.25) is 0 Å². The molecule has 48 valence electrons. The van der Waals surface area contributed by atoms with Crippen LogP contribution in [0.4, 0.5) is 0 Å². The van der Waals surface area contributed by atoms with Crippen LogP contribution >= 0.6 is 0 Å². The quantitative estimate of drug-likeness (QED) is 0.465. The van der Waals surface area contributed by atoms with E-state index in [4.69, 9.17) is 4.74 Å². The van der Waals surface area contributed by atoms with Crippen LogP contribution in [0.5, 0.6) is 0 Å². The van der Waals surface area contributed by atoms with E-state index in [9.17, 15) is 0 Å². The summed E-state index contributed by atoms with van der Waals surface area (Å²) in [4.78, 5) is 0. The number of rotatable bonds is 0. The zero-order valence-electron chi connectivity index (χ0n) is 5.85. The summed E-state index contributed by atoms with van der Waals surface area (Å²) in [6.07, 6.45) is 0.491. The molecule has 0 radical (unpaired) electrons. The van der Waals surface area contributed by atoms with Gasteiger partial charge < -0.3 is 4.74 Å². The topological polar surface area (TPSA) is 9.23 Å². The summed E-state index contributed by atoms with van der Waals surface area (Å²) in [5.74, 6) is 1.53. The molecule has 0 spiro atoms. The van der Waals surface area contributed by atoms with Crippen LogP contribution in [0.3, 0.4) is 0 Å². The van der Waals surface area contributed by atoms with Crippen molar-refractivity contribution in [2.24, 2.45) is 11.8 Å². The largest absolute Gasteiger partial charge is 0.378 e. The molecule has 0 amide bonds. The molecule has 1 fully saturated rings. The van der Waals surface area contributed by atoms with Gasteiger partial charge in [0.1, 0.15) is 0 Å². The molecule has 1 heteroatoms. The predicted octanol–water partition coefficient (Wildman–Crippen LogP) is 1.68. The fourth-order valence-corrected chi connectivity index (χ4v) is 1.07. The molecule has 0 bridgehead atoms. The summed E-state index contributed by atoms with van der Waals surface area (Å²) < 4.78 is 5.38. The standard InChI is InChI=1S/C7H14O/c1-5-4-8-7(3)6(5)2/h5-7H,4H2,1-3H3/t5?,6?,7-/m1/s1. The van der Waals surface area contributed by atoms with Gasteiger partial charge in [-0.2, -0.15) is 0 Å². The average Bonchev–Trinajstić information content (AvgIpc) is 1.98. The predicted molar refractivity (Wildman–Crippen MR) is 33.7 cm³/mol. The van der Waals surface area contributed by atoms with Gasteiger partial charge in [-0.1, -0.05) is 13.8 Å². The SMILES string of the molecule is CC1CO[C@H](C)C1C. The van der Waals surface area contributed by atoms with E-state index < -0.39 is 0 Å². The van der Waals surface area contributed by atoms with Gasteiger partial charge in [0.15, 0.2) is 0 Å². The van der Waals surface area contributed by atoms with Crippen molar-refractivity contribution in [2.75, 3.05) is 6.61 Å². The van der Waals surface area contributed by atoms with Crippen molar-refractivity contribution in [1.29, 1.82) is 0 Å². The highest BCUT2D eigenvalue weighted by atomic mass is 16.5. The monoisotopic (exact) mass is 114 g/mol. The Bertz CT molecular complexity index is 70.5. The Labute approximate surface area is 51.0 Å². The van der Waals surface area contributed by atoms with Crippen LogP contribution in [-0.4, -0.2) is 12.7 Å². The Kier molecular flexibility index (Phi) is 1.57. The van der Waals surface area contributed by atoms with Crippen molar-refractivity contribution in [3.8, 4) is 0 Å². The highest BCUT2D eigenvalue weighted by Crippen LogP contribution is 2.24. The number of hydrogen-bond donors (Lipinski definition) is 0. The molecule has 0 aromatic carbocycles. The van der Waals surface area contributed by atoms with Crippen molar-refractivity contribution in [3.05, 3.63) is 0 Å². The maximum Gasteiger partial charge on any atom is 0.0576 e. The van der Waals surface area contributed by atoms with Crippen LogP contribution in [0.1, 0.15) is 20.8 Å². The van der Waals surface area contributed by atoms with Crippen LogP contribution in [-0.2, 0) is 4.74 Å². The fraction of sp³-hybridized carbons (Fsp3) is 1.00.